The van der Waals surface area contributed by atoms with E-state index in [9.17, 15) is 9.59 Å². The maximum Gasteiger partial charge on any atom is 0.303 e. The van der Waals surface area contributed by atoms with Gasteiger partial charge in [0.25, 0.3) is 0 Å². The van der Waals surface area contributed by atoms with Crippen molar-refractivity contribution in [2.24, 2.45) is 0 Å². The number of amides is 1. The lowest BCUT2D eigenvalue weighted by atomic mass is 10.1. The molecule has 0 saturated carbocycles. The number of nitrogens with one attached hydrogen (secondary N) is 1. The zero-order valence-electron chi connectivity index (χ0n) is 10.5. The highest BCUT2D eigenvalue weighted by Crippen LogP contribution is 2.39. The Labute approximate surface area is 116 Å². The summed E-state index contributed by atoms with van der Waals surface area (Å²) in [5.41, 5.74) is 0. The highest BCUT2D eigenvalue weighted by Gasteiger charge is 2.15. The molecule has 1 saturated heterocycles. The number of aliphatic carboxylic acids is 1. The average molecular weight is 291 g/mol. The van der Waals surface area contributed by atoms with Gasteiger partial charge in [-0.05, 0) is 19.3 Å². The maximum atomic E-state index is 11.2. The van der Waals surface area contributed by atoms with E-state index in [1.165, 1.54) is 25.0 Å². The molecule has 0 aliphatic carbocycles. The van der Waals surface area contributed by atoms with Crippen LogP contribution in [0, 0.1) is 0 Å². The van der Waals surface area contributed by atoms with Crippen molar-refractivity contribution in [2.75, 3.05) is 12.3 Å². The number of carboxylic acids is 1. The van der Waals surface area contributed by atoms with Gasteiger partial charge in [-0.2, -0.15) is 0 Å². The molecule has 1 heterocycles. The van der Waals surface area contributed by atoms with Gasteiger partial charge in [-0.3, -0.25) is 9.59 Å². The van der Waals surface area contributed by atoms with Crippen molar-refractivity contribution < 1.29 is 14.7 Å². The smallest absolute Gasteiger partial charge is 0.303 e. The molecule has 1 fully saturated rings. The molecule has 18 heavy (non-hydrogen) atoms. The molecule has 4 nitrogen and oxygen atoms in total. The first-order valence-electron chi connectivity index (χ1n) is 6.45. The Kier molecular flexibility index (Phi) is 8.33. The van der Waals surface area contributed by atoms with E-state index in [1.54, 1.807) is 0 Å². The van der Waals surface area contributed by atoms with Crippen LogP contribution in [0.5, 0.6) is 0 Å². The van der Waals surface area contributed by atoms with Crippen molar-refractivity contribution >= 4 is 33.5 Å². The van der Waals surface area contributed by atoms with Gasteiger partial charge in [0, 0.05) is 24.0 Å². The number of carboxylic acid groups (broad SMARTS) is 1. The molecule has 1 aliphatic rings. The van der Waals surface area contributed by atoms with E-state index in [-0.39, 0.29) is 18.7 Å². The topological polar surface area (TPSA) is 66.4 Å². The lowest BCUT2D eigenvalue weighted by molar-refractivity contribution is -0.138. The summed E-state index contributed by atoms with van der Waals surface area (Å²) in [6.45, 7) is 0.672. The normalized spacial score (nSPS) is 18.8. The quantitative estimate of drug-likeness (QED) is 0.505. The van der Waals surface area contributed by atoms with Crippen LogP contribution in [0.4, 0.5) is 0 Å². The number of unbranched alkanes of at least 4 members (excludes halogenated alkanes) is 2. The second kappa shape index (κ2) is 9.55. The number of hydrogen-bond acceptors (Lipinski definition) is 4. The standard InChI is InChI=1S/C12H21NO3S2/c14-11(5-6-12(15)16)13-8-3-1-2-4-10-7-9-17-18-10/h10H,1-9H2,(H,13,14)(H,15,16). The van der Waals surface area contributed by atoms with E-state index in [4.69, 9.17) is 5.11 Å². The van der Waals surface area contributed by atoms with Gasteiger partial charge in [0.15, 0.2) is 0 Å². The van der Waals surface area contributed by atoms with Crippen LogP contribution >= 0.6 is 21.6 Å². The van der Waals surface area contributed by atoms with Crippen molar-refractivity contribution in [2.45, 2.75) is 50.2 Å². The Balaban J connectivity index is 1.85. The molecule has 6 heteroatoms. The molecular weight excluding hydrogens is 270 g/mol. The Hall–Kier alpha value is -0.360. The zero-order chi connectivity index (χ0) is 13.2. The van der Waals surface area contributed by atoms with Gasteiger partial charge >= 0.3 is 5.97 Å². The van der Waals surface area contributed by atoms with E-state index in [2.05, 4.69) is 5.32 Å². The molecule has 0 aromatic carbocycles. The summed E-state index contributed by atoms with van der Waals surface area (Å²) >= 11 is 0. The van der Waals surface area contributed by atoms with E-state index in [0.29, 0.717) is 6.54 Å². The lowest BCUT2D eigenvalue weighted by Crippen LogP contribution is -2.24. The predicted octanol–water partition coefficient (Wildman–Crippen LogP) is 2.68. The van der Waals surface area contributed by atoms with Crippen LogP contribution in [-0.2, 0) is 9.59 Å². The summed E-state index contributed by atoms with van der Waals surface area (Å²) < 4.78 is 0. The summed E-state index contributed by atoms with van der Waals surface area (Å²) in [6, 6.07) is 0. The lowest BCUT2D eigenvalue weighted by Gasteiger charge is -2.07. The molecule has 0 radical (unpaired) electrons. The van der Waals surface area contributed by atoms with Gasteiger partial charge in [0.2, 0.25) is 5.91 Å². The Morgan fingerprint density at radius 1 is 1.22 bits per heavy atom. The van der Waals surface area contributed by atoms with Crippen LogP contribution in [0.25, 0.3) is 0 Å². The van der Waals surface area contributed by atoms with Crippen LogP contribution in [-0.4, -0.2) is 34.5 Å². The van der Waals surface area contributed by atoms with Crippen LogP contribution in [0.15, 0.2) is 0 Å². The van der Waals surface area contributed by atoms with Gasteiger partial charge in [-0.15, -0.1) is 0 Å². The number of hydrogen-bond donors (Lipinski definition) is 2. The van der Waals surface area contributed by atoms with Crippen LogP contribution < -0.4 is 5.32 Å². The Morgan fingerprint density at radius 3 is 2.72 bits per heavy atom. The highest BCUT2D eigenvalue weighted by atomic mass is 33.1. The van der Waals surface area contributed by atoms with E-state index in [1.807, 2.05) is 21.6 Å². The molecule has 0 spiro atoms. The van der Waals surface area contributed by atoms with E-state index >= 15 is 0 Å². The molecule has 1 rings (SSSR count). The van der Waals surface area contributed by atoms with Gasteiger partial charge in [-0.1, -0.05) is 34.4 Å². The summed E-state index contributed by atoms with van der Waals surface area (Å²) in [7, 11) is 3.99. The monoisotopic (exact) mass is 291 g/mol. The number of rotatable bonds is 9. The third-order valence-electron chi connectivity index (χ3n) is 2.82. The maximum absolute atomic E-state index is 11.2. The molecule has 2 N–H and O–H groups in total. The van der Waals surface area contributed by atoms with Crippen molar-refractivity contribution in [3.63, 3.8) is 0 Å². The average Bonchev–Trinajstić information content (AvgIpc) is 2.84. The number of carbonyl (C=O) groups excluding carboxylic acids is 1. The predicted molar refractivity (Wildman–Crippen MR) is 76.8 cm³/mol. The van der Waals surface area contributed by atoms with Crippen molar-refractivity contribution in [1.29, 1.82) is 0 Å². The summed E-state index contributed by atoms with van der Waals surface area (Å²) in [5.74, 6) is 0.215. The summed E-state index contributed by atoms with van der Waals surface area (Å²) in [4.78, 5) is 21.5. The molecular formula is C12H21NO3S2. The molecule has 0 aromatic heterocycles. The SMILES string of the molecule is O=C(O)CCC(=O)NCCCCCC1CCSS1. The minimum atomic E-state index is -0.919. The van der Waals surface area contributed by atoms with Crippen LogP contribution in [0.2, 0.25) is 0 Å². The fraction of sp³-hybridized carbons (Fsp3) is 0.833. The molecule has 1 amide bonds. The fourth-order valence-corrected chi connectivity index (χ4v) is 4.80. The second-order valence-corrected chi connectivity index (χ2v) is 7.21. The summed E-state index contributed by atoms with van der Waals surface area (Å²) in [6.07, 6.45) is 5.98. The third-order valence-corrected chi connectivity index (χ3v) is 5.83. The third kappa shape index (κ3) is 7.87. The van der Waals surface area contributed by atoms with E-state index < -0.39 is 5.97 Å². The molecule has 1 unspecified atom stereocenters. The Bertz CT molecular complexity index is 268. The minimum Gasteiger partial charge on any atom is -0.481 e. The number of carbonyl (C=O) groups is 2. The molecule has 0 bridgehead atoms. The van der Waals surface area contributed by atoms with Crippen molar-refractivity contribution in [3.8, 4) is 0 Å². The van der Waals surface area contributed by atoms with Gasteiger partial charge in [0.05, 0.1) is 6.42 Å². The fourth-order valence-electron chi connectivity index (χ4n) is 1.77. The van der Waals surface area contributed by atoms with Gasteiger partial charge in [-0.25, -0.2) is 0 Å². The zero-order valence-corrected chi connectivity index (χ0v) is 12.2. The largest absolute Gasteiger partial charge is 0.481 e. The first kappa shape index (κ1) is 15.7. The second-order valence-electron chi connectivity index (χ2n) is 4.42. The Morgan fingerprint density at radius 2 is 2.06 bits per heavy atom. The van der Waals surface area contributed by atoms with Crippen LogP contribution in [0.3, 0.4) is 0 Å². The van der Waals surface area contributed by atoms with Gasteiger partial charge < -0.3 is 10.4 Å². The summed E-state index contributed by atoms with van der Waals surface area (Å²) in [5, 5.41) is 12.0. The molecule has 1 aliphatic heterocycles. The minimum absolute atomic E-state index is 0.0809. The van der Waals surface area contributed by atoms with Gasteiger partial charge in [0.1, 0.15) is 0 Å². The first-order valence-corrected chi connectivity index (χ1v) is 8.83. The highest BCUT2D eigenvalue weighted by molar-refractivity contribution is 8.77. The van der Waals surface area contributed by atoms with Crippen molar-refractivity contribution in [3.05, 3.63) is 0 Å². The first-order chi connectivity index (χ1) is 8.68. The molecule has 0 aromatic rings. The van der Waals surface area contributed by atoms with Crippen LogP contribution in [0.1, 0.15) is 44.9 Å². The van der Waals surface area contributed by atoms with Crippen molar-refractivity contribution in [1.82, 2.24) is 5.32 Å². The van der Waals surface area contributed by atoms with E-state index in [0.717, 1.165) is 18.1 Å². The molecule has 1 atom stereocenters. The molecule has 104 valence electrons.